The number of anilines is 2. The molecule has 0 unspecified atom stereocenters. The van der Waals surface area contributed by atoms with Crippen molar-refractivity contribution in [3.63, 3.8) is 0 Å². The van der Waals surface area contributed by atoms with Gasteiger partial charge in [-0.15, -0.1) is 0 Å². The monoisotopic (exact) mass is 338 g/mol. The van der Waals surface area contributed by atoms with E-state index in [9.17, 15) is 9.18 Å². The van der Waals surface area contributed by atoms with Gasteiger partial charge in [-0.1, -0.05) is 0 Å². The number of aryl methyl sites for hydroxylation is 1. The molecular formula is C13H12BrFN4O. The van der Waals surface area contributed by atoms with E-state index in [1.165, 1.54) is 18.3 Å². The highest BCUT2D eigenvalue weighted by atomic mass is 79.9. The molecule has 1 aromatic heterocycles. The Hall–Kier alpha value is -1.99. The zero-order chi connectivity index (χ0) is 14.7. The average Bonchev–Trinajstić information content (AvgIpc) is 2.43. The zero-order valence-corrected chi connectivity index (χ0v) is 12.2. The molecule has 0 saturated heterocycles. The van der Waals surface area contributed by atoms with Crippen molar-refractivity contribution in [2.24, 2.45) is 5.84 Å². The van der Waals surface area contributed by atoms with Crippen LogP contribution in [0.4, 0.5) is 15.9 Å². The van der Waals surface area contributed by atoms with Crippen LogP contribution in [0.5, 0.6) is 0 Å². The Labute approximate surface area is 123 Å². The lowest BCUT2D eigenvalue weighted by Crippen LogP contribution is -2.18. The van der Waals surface area contributed by atoms with Gasteiger partial charge < -0.3 is 10.7 Å². The lowest BCUT2D eigenvalue weighted by atomic mass is 10.2. The van der Waals surface area contributed by atoms with Gasteiger partial charge in [-0.2, -0.15) is 0 Å². The van der Waals surface area contributed by atoms with Gasteiger partial charge >= 0.3 is 0 Å². The minimum absolute atomic E-state index is 0.254. The molecule has 2 aromatic rings. The Morgan fingerprint density at radius 3 is 2.80 bits per heavy atom. The van der Waals surface area contributed by atoms with Crippen molar-refractivity contribution in [3.8, 4) is 0 Å². The fourth-order valence-corrected chi connectivity index (χ4v) is 1.98. The highest BCUT2D eigenvalue weighted by Gasteiger charge is 2.13. The number of nitrogens with two attached hydrogens (primary N) is 1. The summed E-state index contributed by atoms with van der Waals surface area (Å²) in [6.45, 7) is 1.62. The van der Waals surface area contributed by atoms with Crippen molar-refractivity contribution < 1.29 is 9.18 Å². The second-order valence-corrected chi connectivity index (χ2v) is 5.03. The molecule has 20 heavy (non-hydrogen) atoms. The van der Waals surface area contributed by atoms with Crippen LogP contribution in [-0.4, -0.2) is 10.9 Å². The van der Waals surface area contributed by atoms with Gasteiger partial charge in [0.2, 0.25) is 0 Å². The molecule has 0 fully saturated rings. The van der Waals surface area contributed by atoms with Crippen molar-refractivity contribution in [3.05, 3.63) is 51.9 Å². The highest BCUT2D eigenvalue weighted by molar-refractivity contribution is 9.10. The first kappa shape index (κ1) is 14.4. The molecule has 5 nitrogen and oxygen atoms in total. The number of benzene rings is 1. The number of carbonyl (C=O) groups excluding carboxylic acids is 1. The Kier molecular flexibility index (Phi) is 4.31. The Bertz CT molecular complexity index is 663. The maximum atomic E-state index is 13.2. The molecule has 104 valence electrons. The van der Waals surface area contributed by atoms with Crippen LogP contribution in [0.25, 0.3) is 0 Å². The van der Waals surface area contributed by atoms with E-state index in [1.807, 2.05) is 0 Å². The molecule has 1 heterocycles. The number of hydrazine groups is 1. The summed E-state index contributed by atoms with van der Waals surface area (Å²) >= 11 is 3.24. The van der Waals surface area contributed by atoms with E-state index in [0.717, 1.165) is 0 Å². The van der Waals surface area contributed by atoms with Crippen molar-refractivity contribution in [1.29, 1.82) is 0 Å². The molecular weight excluding hydrogens is 327 g/mol. The maximum absolute atomic E-state index is 13.2. The number of nitrogen functional groups attached to an aromatic ring is 1. The van der Waals surface area contributed by atoms with Gasteiger partial charge in [0.05, 0.1) is 5.56 Å². The summed E-state index contributed by atoms with van der Waals surface area (Å²) in [4.78, 5) is 16.2. The predicted molar refractivity (Wildman–Crippen MR) is 78.8 cm³/mol. The van der Waals surface area contributed by atoms with Crippen LogP contribution >= 0.6 is 15.9 Å². The first-order valence-electron chi connectivity index (χ1n) is 5.71. The molecule has 0 aliphatic heterocycles. The van der Waals surface area contributed by atoms with Crippen LogP contribution in [0, 0.1) is 12.7 Å². The minimum atomic E-state index is -0.391. The number of aromatic nitrogens is 1. The second kappa shape index (κ2) is 5.98. The number of nitrogens with one attached hydrogen (secondary N) is 2. The van der Waals surface area contributed by atoms with Crippen LogP contribution < -0.4 is 16.6 Å². The number of pyridine rings is 1. The summed E-state index contributed by atoms with van der Waals surface area (Å²) in [6.07, 6.45) is 1.52. The number of hydrogen-bond donors (Lipinski definition) is 3. The third-order valence-corrected chi connectivity index (χ3v) is 3.09. The summed E-state index contributed by atoms with van der Waals surface area (Å²) in [5.74, 6) is 4.86. The lowest BCUT2D eigenvalue weighted by molar-refractivity contribution is 0.102. The lowest BCUT2D eigenvalue weighted by Gasteiger charge is -2.10. The van der Waals surface area contributed by atoms with E-state index >= 15 is 0 Å². The van der Waals surface area contributed by atoms with Crippen LogP contribution in [0.1, 0.15) is 15.9 Å². The molecule has 2 rings (SSSR count). The first-order chi connectivity index (χ1) is 9.51. The van der Waals surface area contributed by atoms with Gasteiger partial charge in [0.1, 0.15) is 5.82 Å². The summed E-state index contributed by atoms with van der Waals surface area (Å²) in [7, 11) is 0. The van der Waals surface area contributed by atoms with Crippen LogP contribution in [0.15, 0.2) is 34.9 Å². The van der Waals surface area contributed by atoms with Crippen molar-refractivity contribution in [1.82, 2.24) is 4.98 Å². The Morgan fingerprint density at radius 1 is 1.40 bits per heavy atom. The first-order valence-corrected chi connectivity index (χ1v) is 6.50. The van der Waals surface area contributed by atoms with E-state index < -0.39 is 5.91 Å². The number of halogens is 2. The predicted octanol–water partition coefficient (Wildman–Crippen LogP) is 2.83. The smallest absolute Gasteiger partial charge is 0.259 e. The van der Waals surface area contributed by atoms with Crippen LogP contribution in [-0.2, 0) is 0 Å². The SMILES string of the molecule is Cc1cc(NC(=O)c2cc(Br)cnc2NN)ccc1F. The summed E-state index contributed by atoms with van der Waals surface area (Å²) in [5, 5.41) is 2.67. The van der Waals surface area contributed by atoms with Gasteiger partial charge in [0.25, 0.3) is 5.91 Å². The molecule has 1 aromatic carbocycles. The number of amides is 1. The molecule has 0 aliphatic carbocycles. The highest BCUT2D eigenvalue weighted by Crippen LogP contribution is 2.20. The molecule has 4 N–H and O–H groups in total. The third kappa shape index (κ3) is 3.12. The Morgan fingerprint density at radius 2 is 2.15 bits per heavy atom. The Balaban J connectivity index is 2.27. The van der Waals surface area contributed by atoms with Crippen LogP contribution in [0.2, 0.25) is 0 Å². The minimum Gasteiger partial charge on any atom is -0.322 e. The molecule has 0 bridgehead atoms. The average molecular weight is 339 g/mol. The van der Waals surface area contributed by atoms with E-state index in [0.29, 0.717) is 15.7 Å². The third-order valence-electron chi connectivity index (χ3n) is 2.65. The number of carbonyl (C=O) groups is 1. The number of nitrogens with zero attached hydrogens (tertiary/aromatic N) is 1. The maximum Gasteiger partial charge on any atom is 0.259 e. The summed E-state index contributed by atoms with van der Waals surface area (Å²) < 4.78 is 13.8. The number of hydrogen-bond acceptors (Lipinski definition) is 4. The quantitative estimate of drug-likeness (QED) is 0.593. The molecule has 7 heteroatoms. The fraction of sp³-hybridized carbons (Fsp3) is 0.0769. The van der Waals surface area contributed by atoms with E-state index in [-0.39, 0.29) is 17.2 Å². The molecule has 1 amide bonds. The molecule has 0 spiro atoms. The van der Waals surface area contributed by atoms with E-state index in [2.05, 4.69) is 31.7 Å². The van der Waals surface area contributed by atoms with Crippen molar-refractivity contribution >= 4 is 33.3 Å². The van der Waals surface area contributed by atoms with E-state index in [4.69, 9.17) is 5.84 Å². The second-order valence-electron chi connectivity index (χ2n) is 4.11. The van der Waals surface area contributed by atoms with Crippen molar-refractivity contribution in [2.75, 3.05) is 10.7 Å². The molecule has 0 atom stereocenters. The molecule has 0 saturated carbocycles. The normalized spacial score (nSPS) is 10.2. The zero-order valence-electron chi connectivity index (χ0n) is 10.6. The topological polar surface area (TPSA) is 80.0 Å². The van der Waals surface area contributed by atoms with Gasteiger partial charge in [0, 0.05) is 16.4 Å². The van der Waals surface area contributed by atoms with E-state index in [1.54, 1.807) is 19.1 Å². The summed E-state index contributed by atoms with van der Waals surface area (Å²) in [6, 6.07) is 5.93. The standard InChI is InChI=1S/C13H12BrFN4O/c1-7-4-9(2-3-11(7)15)18-13(20)10-5-8(14)6-17-12(10)19-16/h2-6H,16H2,1H3,(H,17,19)(H,18,20). The van der Waals surface area contributed by atoms with Crippen LogP contribution in [0.3, 0.4) is 0 Å². The van der Waals surface area contributed by atoms with Gasteiger partial charge in [-0.25, -0.2) is 15.2 Å². The van der Waals surface area contributed by atoms with Gasteiger partial charge in [0.15, 0.2) is 5.82 Å². The number of rotatable bonds is 3. The fourth-order valence-electron chi connectivity index (χ4n) is 1.65. The summed E-state index contributed by atoms with van der Waals surface area (Å²) in [5.41, 5.74) is 3.59. The molecule has 0 radical (unpaired) electrons. The van der Waals surface area contributed by atoms with Gasteiger partial charge in [-0.3, -0.25) is 4.79 Å². The largest absolute Gasteiger partial charge is 0.322 e. The van der Waals surface area contributed by atoms with Gasteiger partial charge in [-0.05, 0) is 52.7 Å². The molecule has 0 aliphatic rings. The van der Waals surface area contributed by atoms with Crippen molar-refractivity contribution in [2.45, 2.75) is 6.92 Å².